The van der Waals surface area contributed by atoms with E-state index < -0.39 is 24.1 Å². The number of anilines is 3. The predicted molar refractivity (Wildman–Crippen MR) is 196 cm³/mol. The summed E-state index contributed by atoms with van der Waals surface area (Å²) in [6.45, 7) is 8.67. The number of phenolic OH excluding ortho intramolecular Hbond substituents is 1. The van der Waals surface area contributed by atoms with E-state index >= 15 is 0 Å². The Labute approximate surface area is 303 Å². The summed E-state index contributed by atoms with van der Waals surface area (Å²) in [7, 11) is 2.22. The summed E-state index contributed by atoms with van der Waals surface area (Å²) in [5.74, 6) is 0.500. The van der Waals surface area contributed by atoms with Gasteiger partial charge in [-0.1, -0.05) is 12.1 Å². The number of nitrogens with one attached hydrogen (secondary N) is 2. The number of hydrogen-bond acceptors (Lipinski definition) is 12. The van der Waals surface area contributed by atoms with Crippen molar-refractivity contribution in [3.8, 4) is 17.0 Å². The number of aromatic nitrogens is 2. The maximum absolute atomic E-state index is 13.3. The number of piperidine rings is 2. The van der Waals surface area contributed by atoms with Gasteiger partial charge in [0.15, 0.2) is 5.82 Å². The Kier molecular flexibility index (Phi) is 9.45. The number of imide groups is 1. The molecule has 3 saturated heterocycles. The van der Waals surface area contributed by atoms with E-state index in [9.17, 15) is 24.6 Å². The largest absolute Gasteiger partial charge is 0.507 e. The average Bonchev–Trinajstić information content (AvgIpc) is 3.39. The Morgan fingerprint density at radius 2 is 1.73 bits per heavy atom. The van der Waals surface area contributed by atoms with Gasteiger partial charge in [-0.25, -0.2) is 0 Å². The second-order valence-corrected chi connectivity index (χ2v) is 14.9. The first-order chi connectivity index (χ1) is 25.2. The smallest absolute Gasteiger partial charge is 0.262 e. The predicted octanol–water partition coefficient (Wildman–Crippen LogP) is 2.20. The Morgan fingerprint density at radius 3 is 2.54 bits per heavy atom. The number of aliphatic hydroxyl groups is 1. The third-order valence-corrected chi connectivity index (χ3v) is 11.5. The van der Waals surface area contributed by atoms with Gasteiger partial charge in [0, 0.05) is 63.5 Å². The van der Waals surface area contributed by atoms with Gasteiger partial charge in [0.25, 0.3) is 11.8 Å². The summed E-state index contributed by atoms with van der Waals surface area (Å²) in [5.41, 5.74) is 4.07. The third kappa shape index (κ3) is 6.66. The van der Waals surface area contributed by atoms with Gasteiger partial charge in [-0.05, 0) is 88.1 Å². The Bertz CT molecular complexity index is 1850. The second kappa shape index (κ2) is 14.3. The fourth-order valence-corrected chi connectivity index (χ4v) is 8.63. The topological polar surface area (TPSA) is 158 Å². The number of hydrogen-bond donors (Lipinski definition) is 4. The molecule has 4 N–H and O–H groups in total. The molecule has 3 fully saturated rings. The minimum absolute atomic E-state index is 0.164. The lowest BCUT2D eigenvalue weighted by Crippen LogP contribution is -2.58. The molecule has 5 aliphatic rings. The number of benzene rings is 2. The van der Waals surface area contributed by atoms with E-state index in [0.29, 0.717) is 34.3 Å². The molecule has 14 heteroatoms. The molecule has 3 aromatic rings. The monoisotopic (exact) mass is 709 g/mol. The molecule has 0 aliphatic carbocycles. The van der Waals surface area contributed by atoms with Crippen LogP contribution < -0.4 is 20.4 Å². The van der Waals surface area contributed by atoms with Gasteiger partial charge in [0.2, 0.25) is 5.91 Å². The van der Waals surface area contributed by atoms with E-state index in [0.717, 1.165) is 100 Å². The van der Waals surface area contributed by atoms with Crippen LogP contribution in [-0.2, 0) is 4.79 Å². The van der Waals surface area contributed by atoms with Crippen LogP contribution in [0.25, 0.3) is 11.3 Å². The fourth-order valence-electron chi connectivity index (χ4n) is 8.63. The number of carbonyl (C=O) groups is 3. The Balaban J connectivity index is 0.784. The van der Waals surface area contributed by atoms with E-state index in [1.807, 2.05) is 36.4 Å². The number of nitrogens with zero attached hydrogens (tertiary/aromatic N) is 7. The van der Waals surface area contributed by atoms with Crippen molar-refractivity contribution in [3.05, 3.63) is 59.7 Å². The van der Waals surface area contributed by atoms with E-state index in [1.54, 1.807) is 12.1 Å². The molecule has 0 radical (unpaired) electrons. The zero-order chi connectivity index (χ0) is 35.9. The van der Waals surface area contributed by atoms with Gasteiger partial charge < -0.3 is 35.5 Å². The molecule has 0 spiro atoms. The highest BCUT2D eigenvalue weighted by molar-refractivity contribution is 6.22. The molecular weight excluding hydrogens is 662 g/mol. The average molecular weight is 710 g/mol. The number of rotatable bonds is 9. The second-order valence-electron chi connectivity index (χ2n) is 14.9. The Morgan fingerprint density at radius 1 is 0.923 bits per heavy atom. The molecule has 0 bridgehead atoms. The molecule has 3 amide bonds. The first-order valence-corrected chi connectivity index (χ1v) is 18.6. The van der Waals surface area contributed by atoms with Gasteiger partial charge in [0.05, 0.1) is 34.6 Å². The molecule has 1 aromatic heterocycles. The SMILES string of the molecule is CN(CCCN1CCN2c3cc(-c4ccccc4O)nnc3NC[C@H]2C1)CC1CCN(c2ccc3c(c2)C(=O)N(C2CCC(=O)NC2O)C3=O)CC1. The highest BCUT2D eigenvalue weighted by atomic mass is 16.3. The summed E-state index contributed by atoms with van der Waals surface area (Å²) in [5, 5.41) is 35.5. The normalized spacial score (nSPS) is 23.7. The van der Waals surface area contributed by atoms with Crippen LogP contribution in [0, 0.1) is 5.92 Å². The lowest BCUT2D eigenvalue weighted by atomic mass is 9.95. The molecule has 6 heterocycles. The summed E-state index contributed by atoms with van der Waals surface area (Å²) in [6, 6.07) is 14.3. The lowest BCUT2D eigenvalue weighted by molar-refractivity contribution is -0.129. The first-order valence-electron chi connectivity index (χ1n) is 18.6. The van der Waals surface area contributed by atoms with Crippen molar-refractivity contribution in [1.29, 1.82) is 0 Å². The molecule has 5 aliphatic heterocycles. The van der Waals surface area contributed by atoms with Crippen molar-refractivity contribution >= 4 is 34.9 Å². The summed E-state index contributed by atoms with van der Waals surface area (Å²) in [4.78, 5) is 49.0. The van der Waals surface area contributed by atoms with Crippen LogP contribution >= 0.6 is 0 Å². The van der Waals surface area contributed by atoms with Crippen molar-refractivity contribution in [2.24, 2.45) is 5.92 Å². The van der Waals surface area contributed by atoms with Gasteiger partial charge in [-0.15, -0.1) is 10.2 Å². The first kappa shape index (κ1) is 34.3. The van der Waals surface area contributed by atoms with Crippen LogP contribution in [0.4, 0.5) is 17.2 Å². The van der Waals surface area contributed by atoms with E-state index in [-0.39, 0.29) is 24.5 Å². The molecule has 0 saturated carbocycles. The van der Waals surface area contributed by atoms with Crippen LogP contribution in [0.2, 0.25) is 0 Å². The molecule has 2 unspecified atom stereocenters. The lowest BCUT2D eigenvalue weighted by Gasteiger charge is -2.46. The van der Waals surface area contributed by atoms with Crippen LogP contribution in [0.1, 0.15) is 52.8 Å². The summed E-state index contributed by atoms with van der Waals surface area (Å²) < 4.78 is 0. The number of aliphatic hydroxyl groups excluding tert-OH is 1. The number of carbonyl (C=O) groups excluding carboxylic acids is 3. The van der Waals surface area contributed by atoms with Gasteiger partial charge >= 0.3 is 0 Å². The zero-order valence-corrected chi connectivity index (χ0v) is 29.6. The minimum Gasteiger partial charge on any atom is -0.507 e. The van der Waals surface area contributed by atoms with E-state index in [2.05, 4.69) is 47.5 Å². The van der Waals surface area contributed by atoms with Crippen LogP contribution in [-0.4, -0.2) is 137 Å². The zero-order valence-electron chi connectivity index (χ0n) is 29.6. The minimum atomic E-state index is -1.26. The maximum atomic E-state index is 13.3. The number of para-hydroxylation sites is 1. The summed E-state index contributed by atoms with van der Waals surface area (Å²) in [6.07, 6.45) is 2.38. The van der Waals surface area contributed by atoms with E-state index in [4.69, 9.17) is 0 Å². The number of fused-ring (bicyclic) bond motifs is 4. The summed E-state index contributed by atoms with van der Waals surface area (Å²) >= 11 is 0. The van der Waals surface area contributed by atoms with Crippen molar-refractivity contribution in [2.45, 2.75) is 50.4 Å². The highest BCUT2D eigenvalue weighted by Crippen LogP contribution is 2.36. The fraction of sp³-hybridized carbons (Fsp3) is 0.500. The molecule has 274 valence electrons. The van der Waals surface area contributed by atoms with Crippen LogP contribution in [0.3, 0.4) is 0 Å². The molecule has 2 aromatic carbocycles. The van der Waals surface area contributed by atoms with Crippen molar-refractivity contribution in [2.75, 3.05) is 81.1 Å². The Hall–Kier alpha value is -4.79. The van der Waals surface area contributed by atoms with Crippen molar-refractivity contribution in [1.82, 2.24) is 30.2 Å². The number of aromatic hydroxyl groups is 1. The molecule has 14 nitrogen and oxygen atoms in total. The molecule has 52 heavy (non-hydrogen) atoms. The molecular formula is C38H47N9O5. The van der Waals surface area contributed by atoms with Crippen LogP contribution in [0.5, 0.6) is 5.75 Å². The van der Waals surface area contributed by atoms with Crippen LogP contribution in [0.15, 0.2) is 48.5 Å². The number of amides is 3. The third-order valence-electron chi connectivity index (χ3n) is 11.5. The standard InChI is InChI=1S/C38H47N9O5/c1-43(13-4-14-44-17-18-46-26(23-44)21-39-35-32(46)20-30(41-42-35)28-5-2-3-6-33(28)48)22-24-11-15-45(16-12-24)25-7-8-27-29(19-25)38(52)47(37(27)51)31-9-10-34(49)40-36(31)50/h2-3,5-8,19-20,24,26,31,36,48,50H,4,9-18,21-23H2,1H3,(H,39,42)(H,40,49)/t26-,31?,36?/m0/s1. The highest BCUT2D eigenvalue weighted by Gasteiger charge is 2.44. The molecule has 8 rings (SSSR count). The number of phenols is 1. The quantitative estimate of drug-likeness (QED) is 0.241. The van der Waals surface area contributed by atoms with Gasteiger partial charge in [-0.2, -0.15) is 0 Å². The van der Waals surface area contributed by atoms with Gasteiger partial charge in [-0.3, -0.25) is 24.2 Å². The van der Waals surface area contributed by atoms with E-state index in [1.165, 1.54) is 0 Å². The van der Waals surface area contributed by atoms with Crippen molar-refractivity contribution < 1.29 is 24.6 Å². The molecule has 3 atom stereocenters. The maximum Gasteiger partial charge on any atom is 0.262 e. The number of piperazine rings is 1. The van der Waals surface area contributed by atoms with Crippen molar-refractivity contribution in [3.63, 3.8) is 0 Å². The van der Waals surface area contributed by atoms with Gasteiger partial charge in [0.1, 0.15) is 12.0 Å².